The SMILES string of the molecule is CC(=O)CN.ClC(Cl)Cl.O. The van der Waals surface area contributed by atoms with Crippen molar-refractivity contribution >= 4 is 40.6 Å². The molecule has 0 saturated carbocycles. The first-order valence-electron chi connectivity index (χ1n) is 2.12. The summed E-state index contributed by atoms with van der Waals surface area (Å²) in [5.74, 6) is 0.0324. The molecule has 0 radical (unpaired) electrons. The van der Waals surface area contributed by atoms with Crippen LogP contribution in [0.4, 0.5) is 0 Å². The number of ketones is 1. The molecule has 0 aromatic heterocycles. The summed E-state index contributed by atoms with van der Waals surface area (Å²) in [5, 5.41) is 0. The monoisotopic (exact) mass is 209 g/mol. The van der Waals surface area contributed by atoms with Crippen molar-refractivity contribution in [1.82, 2.24) is 0 Å². The number of hydrogen-bond donors (Lipinski definition) is 1. The maximum atomic E-state index is 9.69. The predicted molar refractivity (Wildman–Crippen MR) is 44.7 cm³/mol. The van der Waals surface area contributed by atoms with Crippen LogP contribution >= 0.6 is 34.8 Å². The minimum atomic E-state index is -0.750. The molecule has 0 bridgehead atoms. The Labute approximate surface area is 74.7 Å². The summed E-state index contributed by atoms with van der Waals surface area (Å²) in [6.07, 6.45) is 0. The quantitative estimate of drug-likeness (QED) is 0.647. The second kappa shape index (κ2) is 12.2. The summed E-state index contributed by atoms with van der Waals surface area (Å²) >= 11 is 14.4. The second-order valence-electron chi connectivity index (χ2n) is 1.15. The molecule has 10 heavy (non-hydrogen) atoms. The Balaban J connectivity index is -0.0000000910. The van der Waals surface area contributed by atoms with Gasteiger partial charge in [-0.25, -0.2) is 0 Å². The zero-order valence-corrected chi connectivity index (χ0v) is 7.67. The van der Waals surface area contributed by atoms with Crippen LogP contribution in [0.3, 0.4) is 0 Å². The van der Waals surface area contributed by atoms with Crippen molar-refractivity contribution in [3.05, 3.63) is 0 Å². The van der Waals surface area contributed by atoms with Crippen LogP contribution in [0.15, 0.2) is 0 Å². The third-order valence-corrected chi connectivity index (χ3v) is 0.287. The molecule has 0 unspecified atom stereocenters. The molecule has 0 aliphatic rings. The van der Waals surface area contributed by atoms with E-state index < -0.39 is 4.30 Å². The van der Waals surface area contributed by atoms with Gasteiger partial charge in [0.15, 0.2) is 4.30 Å². The van der Waals surface area contributed by atoms with Gasteiger partial charge in [-0.2, -0.15) is 0 Å². The summed E-state index contributed by atoms with van der Waals surface area (Å²) in [5.41, 5.74) is 4.82. The molecular weight excluding hydrogens is 200 g/mol. The molecule has 0 aliphatic heterocycles. The van der Waals surface area contributed by atoms with Crippen molar-refractivity contribution < 1.29 is 10.3 Å². The molecular formula is C4H10Cl3NO2. The van der Waals surface area contributed by atoms with Crippen molar-refractivity contribution in [3.63, 3.8) is 0 Å². The van der Waals surface area contributed by atoms with Crippen LogP contribution in [0.25, 0.3) is 0 Å². The number of nitrogens with two attached hydrogens (primary N) is 1. The Morgan fingerprint density at radius 2 is 1.60 bits per heavy atom. The largest absolute Gasteiger partial charge is 0.412 e. The van der Waals surface area contributed by atoms with Crippen LogP contribution in [-0.4, -0.2) is 22.1 Å². The van der Waals surface area contributed by atoms with Crippen molar-refractivity contribution in [1.29, 1.82) is 0 Å². The average molecular weight is 210 g/mol. The fourth-order valence-corrected chi connectivity index (χ4v) is 0. The van der Waals surface area contributed by atoms with Gasteiger partial charge in [0.1, 0.15) is 5.78 Å². The Morgan fingerprint density at radius 1 is 1.50 bits per heavy atom. The molecule has 0 rings (SSSR count). The van der Waals surface area contributed by atoms with Gasteiger partial charge in [-0.1, -0.05) is 34.8 Å². The van der Waals surface area contributed by atoms with Gasteiger partial charge in [0.05, 0.1) is 6.54 Å². The van der Waals surface area contributed by atoms with Crippen LogP contribution in [-0.2, 0) is 4.79 Å². The lowest BCUT2D eigenvalue weighted by Gasteiger charge is -1.73. The van der Waals surface area contributed by atoms with Gasteiger partial charge in [-0.05, 0) is 6.92 Å². The van der Waals surface area contributed by atoms with E-state index in [-0.39, 0.29) is 17.8 Å². The zero-order valence-electron chi connectivity index (χ0n) is 5.40. The van der Waals surface area contributed by atoms with Gasteiger partial charge < -0.3 is 11.2 Å². The van der Waals surface area contributed by atoms with Gasteiger partial charge in [-0.3, -0.25) is 4.79 Å². The second-order valence-corrected chi connectivity index (χ2v) is 3.13. The van der Waals surface area contributed by atoms with E-state index in [4.69, 9.17) is 40.5 Å². The highest BCUT2D eigenvalue weighted by atomic mass is 35.6. The third kappa shape index (κ3) is 77.8. The molecule has 0 spiro atoms. The molecule has 0 amide bonds. The van der Waals surface area contributed by atoms with E-state index in [0.717, 1.165) is 0 Å². The topological polar surface area (TPSA) is 74.6 Å². The fraction of sp³-hybridized carbons (Fsp3) is 0.750. The summed E-state index contributed by atoms with van der Waals surface area (Å²) in [6, 6.07) is 0. The molecule has 0 aliphatic carbocycles. The predicted octanol–water partition coefficient (Wildman–Crippen LogP) is 0.696. The van der Waals surface area contributed by atoms with E-state index in [1.165, 1.54) is 6.92 Å². The maximum Gasteiger partial charge on any atom is 0.180 e. The molecule has 4 N–H and O–H groups in total. The molecule has 0 aromatic carbocycles. The normalized spacial score (nSPS) is 7.40. The summed E-state index contributed by atoms with van der Waals surface area (Å²) in [4.78, 5) is 9.69. The summed E-state index contributed by atoms with van der Waals surface area (Å²) in [7, 11) is 0. The lowest BCUT2D eigenvalue weighted by Crippen LogP contribution is -2.07. The van der Waals surface area contributed by atoms with Gasteiger partial charge in [-0.15, -0.1) is 0 Å². The van der Waals surface area contributed by atoms with Crippen LogP contribution in [0.5, 0.6) is 0 Å². The van der Waals surface area contributed by atoms with Gasteiger partial charge >= 0.3 is 0 Å². The molecule has 0 heterocycles. The van der Waals surface area contributed by atoms with Gasteiger partial charge in [0, 0.05) is 0 Å². The van der Waals surface area contributed by atoms with E-state index >= 15 is 0 Å². The molecule has 0 atom stereocenters. The van der Waals surface area contributed by atoms with Gasteiger partial charge in [0.25, 0.3) is 0 Å². The third-order valence-electron chi connectivity index (χ3n) is 0.287. The fourth-order valence-electron chi connectivity index (χ4n) is 0. The van der Waals surface area contributed by atoms with Crippen LogP contribution in [0.2, 0.25) is 0 Å². The van der Waals surface area contributed by atoms with E-state index in [0.29, 0.717) is 0 Å². The smallest absolute Gasteiger partial charge is 0.180 e. The number of rotatable bonds is 1. The minimum absolute atomic E-state index is 0. The number of halogens is 3. The van der Waals surface area contributed by atoms with E-state index in [1.54, 1.807) is 0 Å². The lowest BCUT2D eigenvalue weighted by molar-refractivity contribution is -0.115. The maximum absolute atomic E-state index is 9.69. The first kappa shape index (κ1) is 16.8. The molecule has 0 aromatic rings. The van der Waals surface area contributed by atoms with Crippen LogP contribution < -0.4 is 5.73 Å². The van der Waals surface area contributed by atoms with Crippen LogP contribution in [0, 0.1) is 0 Å². The number of alkyl halides is 3. The molecule has 0 saturated heterocycles. The average Bonchev–Trinajstić information content (AvgIpc) is 1.65. The van der Waals surface area contributed by atoms with E-state index in [9.17, 15) is 4.79 Å². The number of carbonyl (C=O) groups excluding carboxylic acids is 1. The summed E-state index contributed by atoms with van der Waals surface area (Å²) < 4.78 is -0.750. The Morgan fingerprint density at radius 3 is 1.60 bits per heavy atom. The standard InChI is InChI=1S/C3H7NO.CHCl3.H2O/c1-3(5)2-4;2-1(3)4;/h2,4H2,1H3;1H;1H2. The Hall–Kier alpha value is 0.460. The first-order valence-corrected chi connectivity index (χ1v) is 3.43. The molecule has 64 valence electrons. The van der Waals surface area contributed by atoms with E-state index in [2.05, 4.69) is 0 Å². The first-order chi connectivity index (χ1) is 4.00. The number of carbonyl (C=O) groups is 1. The van der Waals surface area contributed by atoms with Crippen molar-refractivity contribution in [2.24, 2.45) is 5.73 Å². The highest BCUT2D eigenvalue weighted by Gasteiger charge is 1.79. The van der Waals surface area contributed by atoms with E-state index in [1.807, 2.05) is 0 Å². The molecule has 6 heteroatoms. The molecule has 3 nitrogen and oxygen atoms in total. The zero-order chi connectivity index (χ0) is 7.86. The highest BCUT2D eigenvalue weighted by Crippen LogP contribution is 2.03. The lowest BCUT2D eigenvalue weighted by atomic mass is 10.5. The molecule has 0 fully saturated rings. The van der Waals surface area contributed by atoms with Crippen LogP contribution in [0.1, 0.15) is 6.92 Å². The number of hydrogen-bond acceptors (Lipinski definition) is 2. The highest BCUT2D eigenvalue weighted by molar-refractivity contribution is 6.63. The minimum Gasteiger partial charge on any atom is -0.412 e. The summed E-state index contributed by atoms with van der Waals surface area (Å²) in [6.45, 7) is 1.62. The van der Waals surface area contributed by atoms with Crippen molar-refractivity contribution in [2.75, 3.05) is 6.54 Å². The Bertz CT molecular complexity index is 76.1. The Kier molecular flexibility index (Phi) is 20.5. The van der Waals surface area contributed by atoms with Crippen molar-refractivity contribution in [3.8, 4) is 0 Å². The number of Topliss-reactive ketones (excluding diaryl/α,β-unsaturated/α-hetero) is 1. The van der Waals surface area contributed by atoms with Gasteiger partial charge in [0.2, 0.25) is 0 Å². The van der Waals surface area contributed by atoms with Crippen molar-refractivity contribution in [2.45, 2.75) is 11.2 Å².